The number of carboxylic acid groups (broad SMARTS) is 1. The Morgan fingerprint density at radius 1 is 1.27 bits per heavy atom. The maximum atomic E-state index is 12.8. The smallest absolute Gasteiger partial charge is 0.325 e. The molecule has 1 saturated heterocycles. The number of carboxylic acids is 1. The number of guanidine groups is 1. The summed E-state index contributed by atoms with van der Waals surface area (Å²) in [6.45, 7) is 1.94. The lowest BCUT2D eigenvalue weighted by molar-refractivity contribution is -0.142. The van der Waals surface area contributed by atoms with E-state index in [9.17, 15) is 19.2 Å². The second-order valence-electron chi connectivity index (χ2n) is 7.06. The molecule has 12 nitrogen and oxygen atoms in total. The van der Waals surface area contributed by atoms with Gasteiger partial charge in [0.1, 0.15) is 18.1 Å². The van der Waals surface area contributed by atoms with Gasteiger partial charge in [0, 0.05) is 18.8 Å². The first-order chi connectivity index (χ1) is 14.1. The second-order valence-corrected chi connectivity index (χ2v) is 7.42. The van der Waals surface area contributed by atoms with E-state index < -0.39 is 42.0 Å². The van der Waals surface area contributed by atoms with Crippen molar-refractivity contribution in [3.05, 3.63) is 0 Å². The number of aliphatic carboxylic acids is 1. The van der Waals surface area contributed by atoms with Gasteiger partial charge >= 0.3 is 5.97 Å². The van der Waals surface area contributed by atoms with Crippen LogP contribution in [0.15, 0.2) is 4.99 Å². The van der Waals surface area contributed by atoms with Crippen molar-refractivity contribution < 1.29 is 24.3 Å². The fourth-order valence-corrected chi connectivity index (χ4v) is 3.17. The van der Waals surface area contributed by atoms with Crippen molar-refractivity contribution in [1.82, 2.24) is 15.5 Å². The molecule has 0 radical (unpaired) electrons. The van der Waals surface area contributed by atoms with Crippen LogP contribution in [-0.4, -0.2) is 82.7 Å². The van der Waals surface area contributed by atoms with Crippen LogP contribution in [0.3, 0.4) is 0 Å². The first kappa shape index (κ1) is 25.5. The molecule has 1 heterocycles. The normalized spacial score (nSPS) is 18.8. The number of carbonyl (C=O) groups excluding carboxylic acids is 3. The lowest BCUT2D eigenvalue weighted by Crippen LogP contribution is -2.56. The molecule has 0 aromatic rings. The zero-order chi connectivity index (χ0) is 22.8. The summed E-state index contributed by atoms with van der Waals surface area (Å²) in [4.78, 5) is 54.0. The lowest BCUT2D eigenvalue weighted by Gasteiger charge is -2.28. The molecular weight excluding hydrogens is 414 g/mol. The summed E-state index contributed by atoms with van der Waals surface area (Å²) in [5, 5.41) is 14.0. The molecule has 4 unspecified atom stereocenters. The molecule has 0 aromatic carbocycles. The maximum absolute atomic E-state index is 12.8. The SMILES string of the molecule is CC(NC(=O)C(CCCN=C(N)N)NC(=O)C1CCCN1C(=O)C(N)CS)C(=O)O. The monoisotopic (exact) mass is 445 g/mol. The third-order valence-electron chi connectivity index (χ3n) is 4.66. The van der Waals surface area contributed by atoms with Crippen LogP contribution in [0.5, 0.6) is 0 Å². The van der Waals surface area contributed by atoms with Gasteiger partial charge in [0.05, 0.1) is 6.04 Å². The van der Waals surface area contributed by atoms with Crippen molar-refractivity contribution in [2.45, 2.75) is 56.8 Å². The average Bonchev–Trinajstić information content (AvgIpc) is 3.18. The van der Waals surface area contributed by atoms with Gasteiger partial charge < -0.3 is 37.8 Å². The molecule has 0 aliphatic carbocycles. The van der Waals surface area contributed by atoms with E-state index in [1.165, 1.54) is 11.8 Å². The van der Waals surface area contributed by atoms with E-state index >= 15 is 0 Å². The number of thiol groups is 1. The Bertz CT molecular complexity index is 671. The summed E-state index contributed by atoms with van der Waals surface area (Å²) in [6.07, 6.45) is 1.61. The second kappa shape index (κ2) is 12.2. The summed E-state index contributed by atoms with van der Waals surface area (Å²) >= 11 is 4.02. The summed E-state index contributed by atoms with van der Waals surface area (Å²) in [7, 11) is 0. The number of carbonyl (C=O) groups is 4. The van der Waals surface area contributed by atoms with Gasteiger partial charge in [0.15, 0.2) is 5.96 Å². The summed E-state index contributed by atoms with van der Waals surface area (Å²) in [5.41, 5.74) is 16.3. The van der Waals surface area contributed by atoms with Crippen LogP contribution in [0.25, 0.3) is 0 Å². The van der Waals surface area contributed by atoms with Gasteiger partial charge in [0.2, 0.25) is 17.7 Å². The van der Waals surface area contributed by atoms with Crippen molar-refractivity contribution in [1.29, 1.82) is 0 Å². The Kier molecular flexibility index (Phi) is 10.4. The Labute approximate surface area is 180 Å². The molecule has 1 aliphatic rings. The van der Waals surface area contributed by atoms with Crippen molar-refractivity contribution in [2.75, 3.05) is 18.8 Å². The van der Waals surface area contributed by atoms with Crippen LogP contribution in [-0.2, 0) is 19.2 Å². The highest BCUT2D eigenvalue weighted by Crippen LogP contribution is 2.19. The van der Waals surface area contributed by atoms with Crippen molar-refractivity contribution in [3.8, 4) is 0 Å². The zero-order valence-electron chi connectivity index (χ0n) is 16.9. The fraction of sp³-hybridized carbons (Fsp3) is 0.706. The minimum atomic E-state index is -1.21. The first-order valence-electron chi connectivity index (χ1n) is 9.64. The topological polar surface area (TPSA) is 206 Å². The Morgan fingerprint density at radius 2 is 1.93 bits per heavy atom. The number of rotatable bonds is 11. The molecule has 0 spiro atoms. The number of nitrogens with two attached hydrogens (primary N) is 3. The van der Waals surface area contributed by atoms with Crippen molar-refractivity contribution in [2.24, 2.45) is 22.2 Å². The van der Waals surface area contributed by atoms with Gasteiger partial charge in [-0.05, 0) is 32.6 Å². The molecule has 1 aliphatic heterocycles. The van der Waals surface area contributed by atoms with Crippen molar-refractivity contribution >= 4 is 42.3 Å². The van der Waals surface area contributed by atoms with E-state index in [0.717, 1.165) is 0 Å². The first-order valence-corrected chi connectivity index (χ1v) is 10.3. The van der Waals surface area contributed by atoms with Crippen LogP contribution in [0.4, 0.5) is 0 Å². The summed E-state index contributed by atoms with van der Waals surface area (Å²) < 4.78 is 0. The van der Waals surface area contributed by atoms with Crippen LogP contribution >= 0.6 is 12.6 Å². The van der Waals surface area contributed by atoms with Crippen LogP contribution < -0.4 is 27.8 Å². The number of nitrogens with zero attached hydrogens (tertiary/aromatic N) is 2. The van der Waals surface area contributed by atoms with E-state index in [0.29, 0.717) is 25.8 Å². The molecule has 4 atom stereocenters. The van der Waals surface area contributed by atoms with Gasteiger partial charge in [-0.1, -0.05) is 0 Å². The molecule has 1 fully saturated rings. The lowest BCUT2D eigenvalue weighted by atomic mass is 10.1. The van der Waals surface area contributed by atoms with Gasteiger partial charge in [-0.2, -0.15) is 12.6 Å². The predicted molar refractivity (Wildman–Crippen MR) is 114 cm³/mol. The van der Waals surface area contributed by atoms with Gasteiger partial charge in [-0.25, -0.2) is 0 Å². The highest BCUT2D eigenvalue weighted by atomic mass is 32.1. The predicted octanol–water partition coefficient (Wildman–Crippen LogP) is -2.64. The number of hydrogen-bond acceptors (Lipinski definition) is 7. The molecule has 30 heavy (non-hydrogen) atoms. The molecule has 9 N–H and O–H groups in total. The fourth-order valence-electron chi connectivity index (χ4n) is 3.01. The van der Waals surface area contributed by atoms with Gasteiger partial charge in [-0.15, -0.1) is 0 Å². The average molecular weight is 446 g/mol. The van der Waals surface area contributed by atoms with Crippen LogP contribution in [0, 0.1) is 0 Å². The third-order valence-corrected chi connectivity index (χ3v) is 5.05. The van der Waals surface area contributed by atoms with E-state index in [1.807, 2.05) is 0 Å². The molecule has 3 amide bonds. The Hall–Kier alpha value is -2.54. The number of hydrogen-bond donors (Lipinski definition) is 7. The molecular formula is C17H31N7O5S. The van der Waals surface area contributed by atoms with Gasteiger partial charge in [0.25, 0.3) is 0 Å². The molecule has 0 bridgehead atoms. The molecule has 0 saturated carbocycles. The summed E-state index contributed by atoms with van der Waals surface area (Å²) in [5.74, 6) is -2.69. The van der Waals surface area contributed by atoms with E-state index in [2.05, 4.69) is 28.3 Å². The Morgan fingerprint density at radius 3 is 2.50 bits per heavy atom. The highest BCUT2D eigenvalue weighted by Gasteiger charge is 2.37. The van der Waals surface area contributed by atoms with Gasteiger partial charge in [-0.3, -0.25) is 24.2 Å². The standard InChI is InChI=1S/C17H31N7O5S/c1-9(16(28)29)22-13(25)11(4-2-6-21-17(19)20)23-14(26)12-5-3-7-24(12)15(27)10(18)8-30/h9-12,30H,2-8,18H2,1H3,(H,22,25)(H,23,26)(H,28,29)(H4,19,20,21). The number of amides is 3. The number of aliphatic imine (C=N–C) groups is 1. The largest absolute Gasteiger partial charge is 0.480 e. The quantitative estimate of drug-likeness (QED) is 0.0772. The zero-order valence-corrected chi connectivity index (χ0v) is 17.8. The third kappa shape index (κ3) is 7.71. The minimum Gasteiger partial charge on any atom is -0.480 e. The highest BCUT2D eigenvalue weighted by molar-refractivity contribution is 7.80. The molecule has 0 aromatic heterocycles. The van der Waals surface area contributed by atoms with E-state index in [-0.39, 0.29) is 30.6 Å². The summed E-state index contributed by atoms with van der Waals surface area (Å²) in [6, 6.07) is -3.72. The number of likely N-dealkylation sites (tertiary alicyclic amines) is 1. The van der Waals surface area contributed by atoms with E-state index in [1.54, 1.807) is 0 Å². The van der Waals surface area contributed by atoms with E-state index in [4.69, 9.17) is 22.3 Å². The molecule has 170 valence electrons. The van der Waals surface area contributed by atoms with Crippen LogP contribution in [0.1, 0.15) is 32.6 Å². The molecule has 13 heteroatoms. The van der Waals surface area contributed by atoms with Crippen LogP contribution in [0.2, 0.25) is 0 Å². The Balaban J connectivity index is 2.85. The minimum absolute atomic E-state index is 0.0971. The maximum Gasteiger partial charge on any atom is 0.325 e. The van der Waals surface area contributed by atoms with Crippen molar-refractivity contribution in [3.63, 3.8) is 0 Å². The molecule has 1 rings (SSSR count). The number of nitrogens with one attached hydrogen (secondary N) is 2.